The first-order chi connectivity index (χ1) is 13.6. The summed E-state index contributed by atoms with van der Waals surface area (Å²) < 4.78 is 10.4. The summed E-state index contributed by atoms with van der Waals surface area (Å²) in [6.07, 6.45) is 0. The molecule has 0 saturated carbocycles. The number of aromatic hydroxyl groups is 2. The van der Waals surface area contributed by atoms with Gasteiger partial charge >= 0.3 is 11.9 Å². The van der Waals surface area contributed by atoms with Crippen molar-refractivity contribution in [1.82, 2.24) is 0 Å². The number of benzene rings is 3. The minimum absolute atomic E-state index is 0.000184. The predicted octanol–water partition coefficient (Wildman–Crippen LogP) is 3.81. The fraction of sp³-hybridized carbons (Fsp3) is 0.0909. The van der Waals surface area contributed by atoms with Gasteiger partial charge in [-0.25, -0.2) is 9.59 Å². The lowest BCUT2D eigenvalue weighted by atomic mass is 10.1. The van der Waals surface area contributed by atoms with E-state index in [1.807, 2.05) is 24.3 Å². The van der Waals surface area contributed by atoms with Gasteiger partial charge in [0.1, 0.15) is 18.8 Å². The molecule has 0 aliphatic rings. The number of esters is 2. The normalized spacial score (nSPS) is 10.3. The largest absolute Gasteiger partial charge is 0.504 e. The first-order valence-electron chi connectivity index (χ1n) is 8.53. The Balaban J connectivity index is 1.78. The molecule has 0 aliphatic heterocycles. The number of carbonyl (C=O) groups excluding carboxylic acids is 2. The zero-order valence-corrected chi connectivity index (χ0v) is 14.9. The highest BCUT2D eigenvalue weighted by atomic mass is 16.5. The van der Waals surface area contributed by atoms with Gasteiger partial charge in [-0.1, -0.05) is 60.7 Å². The van der Waals surface area contributed by atoms with Crippen LogP contribution in [0.1, 0.15) is 31.8 Å². The summed E-state index contributed by atoms with van der Waals surface area (Å²) in [5.74, 6) is -3.02. The Morgan fingerprint density at radius 2 is 1.18 bits per heavy atom. The molecule has 142 valence electrons. The molecule has 28 heavy (non-hydrogen) atoms. The van der Waals surface area contributed by atoms with E-state index >= 15 is 0 Å². The van der Waals surface area contributed by atoms with E-state index in [-0.39, 0.29) is 18.8 Å². The van der Waals surface area contributed by atoms with Crippen molar-refractivity contribution < 1.29 is 29.3 Å². The van der Waals surface area contributed by atoms with E-state index in [0.717, 1.165) is 17.2 Å². The Morgan fingerprint density at radius 1 is 0.679 bits per heavy atom. The van der Waals surface area contributed by atoms with Crippen LogP contribution in [0.2, 0.25) is 0 Å². The molecule has 6 nitrogen and oxygen atoms in total. The first-order valence-corrected chi connectivity index (χ1v) is 8.53. The highest BCUT2D eigenvalue weighted by Gasteiger charge is 2.26. The predicted molar refractivity (Wildman–Crippen MR) is 101 cm³/mol. The summed E-state index contributed by atoms with van der Waals surface area (Å²) in [6, 6.07) is 20.3. The van der Waals surface area contributed by atoms with Gasteiger partial charge in [0, 0.05) is 0 Å². The molecule has 0 aliphatic carbocycles. The minimum atomic E-state index is -0.941. The number of phenols is 2. The second-order valence-corrected chi connectivity index (χ2v) is 5.98. The van der Waals surface area contributed by atoms with Crippen molar-refractivity contribution >= 4 is 11.9 Å². The molecule has 3 rings (SSSR count). The van der Waals surface area contributed by atoms with E-state index in [1.165, 1.54) is 6.07 Å². The number of hydrogen-bond donors (Lipinski definition) is 2. The van der Waals surface area contributed by atoms with Crippen LogP contribution in [-0.2, 0) is 22.7 Å². The summed E-state index contributed by atoms with van der Waals surface area (Å²) in [5, 5.41) is 19.9. The lowest BCUT2D eigenvalue weighted by Crippen LogP contribution is -2.14. The molecular formula is C22H18O6. The van der Waals surface area contributed by atoms with Crippen LogP contribution in [0.3, 0.4) is 0 Å². The lowest BCUT2D eigenvalue weighted by Gasteiger charge is -2.12. The molecule has 3 aromatic rings. The third-order valence-corrected chi connectivity index (χ3v) is 4.01. The smallest absolute Gasteiger partial charge is 0.343 e. The molecule has 0 saturated heterocycles. The van der Waals surface area contributed by atoms with Crippen LogP contribution in [0.25, 0.3) is 0 Å². The van der Waals surface area contributed by atoms with Crippen molar-refractivity contribution in [3.63, 3.8) is 0 Å². The molecule has 0 bridgehead atoms. The second-order valence-electron chi connectivity index (χ2n) is 5.98. The number of ether oxygens (including phenoxy) is 2. The van der Waals surface area contributed by atoms with Crippen LogP contribution in [0.5, 0.6) is 11.5 Å². The molecule has 6 heteroatoms. The van der Waals surface area contributed by atoms with Crippen molar-refractivity contribution in [3.8, 4) is 11.5 Å². The van der Waals surface area contributed by atoms with Gasteiger partial charge in [0.25, 0.3) is 0 Å². The van der Waals surface area contributed by atoms with Crippen molar-refractivity contribution in [2.75, 3.05) is 0 Å². The number of carbonyl (C=O) groups is 2. The van der Waals surface area contributed by atoms with Gasteiger partial charge in [-0.2, -0.15) is 0 Å². The third-order valence-electron chi connectivity index (χ3n) is 4.01. The van der Waals surface area contributed by atoms with Crippen LogP contribution >= 0.6 is 0 Å². The molecular weight excluding hydrogens is 360 g/mol. The molecule has 0 aromatic heterocycles. The van der Waals surface area contributed by atoms with Crippen molar-refractivity contribution in [2.24, 2.45) is 0 Å². The number of hydrogen-bond acceptors (Lipinski definition) is 6. The van der Waals surface area contributed by atoms with Crippen LogP contribution < -0.4 is 0 Å². The zero-order chi connectivity index (χ0) is 19.9. The molecule has 0 amide bonds. The third kappa shape index (κ3) is 4.48. The van der Waals surface area contributed by atoms with Crippen molar-refractivity contribution in [2.45, 2.75) is 13.2 Å². The van der Waals surface area contributed by atoms with E-state index < -0.39 is 29.0 Å². The van der Waals surface area contributed by atoms with Crippen LogP contribution in [0.4, 0.5) is 0 Å². The van der Waals surface area contributed by atoms with E-state index in [9.17, 15) is 19.8 Å². The maximum Gasteiger partial charge on any atom is 0.343 e. The highest BCUT2D eigenvalue weighted by molar-refractivity contribution is 6.05. The Labute approximate surface area is 161 Å². The Bertz CT molecular complexity index is 967. The molecule has 3 aromatic carbocycles. The average molecular weight is 378 g/mol. The Morgan fingerprint density at radius 3 is 1.71 bits per heavy atom. The fourth-order valence-electron chi connectivity index (χ4n) is 2.55. The van der Waals surface area contributed by atoms with Gasteiger partial charge in [-0.3, -0.25) is 0 Å². The van der Waals surface area contributed by atoms with Crippen LogP contribution in [0, 0.1) is 0 Å². The minimum Gasteiger partial charge on any atom is -0.504 e. The Hall–Kier alpha value is -3.80. The SMILES string of the molecule is O=C(OCc1ccccc1)c1ccc(O)c(O)c1C(=O)OCc1ccccc1. The summed E-state index contributed by atoms with van der Waals surface area (Å²) in [5.41, 5.74) is 0.883. The monoisotopic (exact) mass is 378 g/mol. The standard InChI is InChI=1S/C22H18O6/c23-18-12-11-17(21(25)27-13-15-7-3-1-4-8-15)19(20(18)24)22(26)28-14-16-9-5-2-6-10-16/h1-12,23-24H,13-14H2. The molecule has 2 N–H and O–H groups in total. The Kier molecular flexibility index (Phi) is 5.91. The van der Waals surface area contributed by atoms with Gasteiger partial charge in [-0.15, -0.1) is 0 Å². The molecule has 0 heterocycles. The maximum atomic E-state index is 12.5. The first kappa shape index (κ1) is 19.0. The van der Waals surface area contributed by atoms with Gasteiger partial charge in [0.15, 0.2) is 11.5 Å². The molecule has 0 atom stereocenters. The van der Waals surface area contributed by atoms with E-state index in [1.54, 1.807) is 36.4 Å². The van der Waals surface area contributed by atoms with E-state index in [4.69, 9.17) is 9.47 Å². The van der Waals surface area contributed by atoms with Crippen molar-refractivity contribution in [1.29, 1.82) is 0 Å². The quantitative estimate of drug-likeness (QED) is 0.500. The molecule has 0 fully saturated rings. The zero-order valence-electron chi connectivity index (χ0n) is 14.9. The van der Waals surface area contributed by atoms with Crippen LogP contribution in [-0.4, -0.2) is 22.2 Å². The molecule has 0 unspecified atom stereocenters. The number of rotatable bonds is 6. The van der Waals surface area contributed by atoms with Crippen LogP contribution in [0.15, 0.2) is 72.8 Å². The lowest BCUT2D eigenvalue weighted by molar-refractivity contribution is 0.0421. The summed E-state index contributed by atoms with van der Waals surface area (Å²) in [4.78, 5) is 24.9. The topological polar surface area (TPSA) is 93.1 Å². The fourth-order valence-corrected chi connectivity index (χ4v) is 2.55. The van der Waals surface area contributed by atoms with Crippen molar-refractivity contribution in [3.05, 3.63) is 95.1 Å². The maximum absolute atomic E-state index is 12.5. The van der Waals surface area contributed by atoms with Gasteiger partial charge in [0.2, 0.25) is 0 Å². The highest BCUT2D eigenvalue weighted by Crippen LogP contribution is 2.32. The second kappa shape index (κ2) is 8.73. The van der Waals surface area contributed by atoms with Gasteiger partial charge < -0.3 is 19.7 Å². The number of phenolic OH excluding ortho intramolecular Hbond substituents is 2. The molecule has 0 radical (unpaired) electrons. The van der Waals surface area contributed by atoms with E-state index in [2.05, 4.69) is 0 Å². The summed E-state index contributed by atoms with van der Waals surface area (Å²) >= 11 is 0. The summed E-state index contributed by atoms with van der Waals surface area (Å²) in [6.45, 7) is -0.0485. The van der Waals surface area contributed by atoms with E-state index in [0.29, 0.717) is 0 Å². The van der Waals surface area contributed by atoms with Gasteiger partial charge in [0.05, 0.1) is 5.56 Å². The summed E-state index contributed by atoms with van der Waals surface area (Å²) in [7, 11) is 0. The van der Waals surface area contributed by atoms with Gasteiger partial charge in [-0.05, 0) is 23.3 Å². The molecule has 0 spiro atoms. The average Bonchev–Trinajstić information content (AvgIpc) is 2.73.